The number of fused-ring (bicyclic) bond motifs is 1. The van der Waals surface area contributed by atoms with Crippen molar-refractivity contribution in [2.75, 3.05) is 14.2 Å². The highest BCUT2D eigenvalue weighted by Gasteiger charge is 2.26. The van der Waals surface area contributed by atoms with Gasteiger partial charge in [-0.3, -0.25) is 4.79 Å². The van der Waals surface area contributed by atoms with Crippen LogP contribution in [0.25, 0.3) is 10.8 Å². The molecule has 0 aliphatic rings. The van der Waals surface area contributed by atoms with E-state index in [0.29, 0.717) is 15.8 Å². The maximum Gasteiger partial charge on any atom is 0.318 e. The first kappa shape index (κ1) is 18.9. The quantitative estimate of drug-likeness (QED) is 0.497. The molecule has 0 aliphatic heterocycles. The minimum absolute atomic E-state index is 0.0856. The zero-order valence-electron chi connectivity index (χ0n) is 15.2. The molecular formula is C21H19ClO5. The van der Waals surface area contributed by atoms with Crippen molar-refractivity contribution in [3.05, 3.63) is 59.1 Å². The van der Waals surface area contributed by atoms with Gasteiger partial charge in [-0.1, -0.05) is 41.9 Å². The fourth-order valence-corrected chi connectivity index (χ4v) is 3.08. The van der Waals surface area contributed by atoms with Crippen LogP contribution in [0.5, 0.6) is 23.0 Å². The number of methoxy groups -OCH3 is 2. The summed E-state index contributed by atoms with van der Waals surface area (Å²) in [5.41, 5.74) is 0.828. The largest absolute Gasteiger partial charge is 0.504 e. The van der Waals surface area contributed by atoms with Crippen LogP contribution in [0.15, 0.2) is 48.5 Å². The highest BCUT2D eigenvalue weighted by Crippen LogP contribution is 2.51. The molecule has 0 fully saturated rings. The van der Waals surface area contributed by atoms with E-state index in [4.69, 9.17) is 25.8 Å². The Balaban J connectivity index is 2.13. The SMILES string of the molecule is COc1c(OC)c(OC(=O)C(C)c2ccccc2)c2cc(Cl)ccc2c1O. The Bertz CT molecular complexity index is 985. The summed E-state index contributed by atoms with van der Waals surface area (Å²) in [6.45, 7) is 1.76. The molecule has 0 bridgehead atoms. The molecule has 1 unspecified atom stereocenters. The Morgan fingerprint density at radius 1 is 0.963 bits per heavy atom. The van der Waals surface area contributed by atoms with Crippen LogP contribution >= 0.6 is 11.6 Å². The number of ether oxygens (including phenoxy) is 3. The van der Waals surface area contributed by atoms with Gasteiger partial charge in [0.05, 0.1) is 20.1 Å². The molecule has 0 aromatic heterocycles. The van der Waals surface area contributed by atoms with Gasteiger partial charge >= 0.3 is 5.97 Å². The van der Waals surface area contributed by atoms with Crippen LogP contribution in [-0.2, 0) is 4.79 Å². The second kappa shape index (κ2) is 7.76. The van der Waals surface area contributed by atoms with Crippen LogP contribution in [-0.4, -0.2) is 25.3 Å². The van der Waals surface area contributed by atoms with Gasteiger partial charge in [0.15, 0.2) is 11.5 Å². The van der Waals surface area contributed by atoms with Gasteiger partial charge in [0.25, 0.3) is 0 Å². The predicted octanol–water partition coefficient (Wildman–Crippen LogP) is 4.93. The lowest BCUT2D eigenvalue weighted by molar-refractivity contribution is -0.135. The number of carbonyl (C=O) groups excluding carboxylic acids is 1. The molecule has 3 rings (SSSR count). The number of esters is 1. The van der Waals surface area contributed by atoms with Crippen molar-refractivity contribution in [2.45, 2.75) is 12.8 Å². The lowest BCUT2D eigenvalue weighted by atomic mass is 10.0. The lowest BCUT2D eigenvalue weighted by Crippen LogP contribution is -2.17. The van der Waals surface area contributed by atoms with E-state index in [-0.39, 0.29) is 23.0 Å². The summed E-state index contributed by atoms with van der Waals surface area (Å²) in [5, 5.41) is 11.8. The summed E-state index contributed by atoms with van der Waals surface area (Å²) >= 11 is 6.11. The molecule has 5 nitrogen and oxygen atoms in total. The normalized spacial score (nSPS) is 11.9. The highest BCUT2D eigenvalue weighted by atomic mass is 35.5. The lowest BCUT2D eigenvalue weighted by Gasteiger charge is -2.19. The second-order valence-corrected chi connectivity index (χ2v) is 6.42. The zero-order chi connectivity index (χ0) is 19.6. The molecule has 1 atom stereocenters. The van der Waals surface area contributed by atoms with Crippen molar-refractivity contribution in [3.8, 4) is 23.0 Å². The molecule has 0 aliphatic carbocycles. The predicted molar refractivity (Wildman–Crippen MR) is 104 cm³/mol. The molecule has 3 aromatic rings. The summed E-state index contributed by atoms with van der Waals surface area (Å²) in [7, 11) is 2.81. The first-order valence-electron chi connectivity index (χ1n) is 8.30. The van der Waals surface area contributed by atoms with Gasteiger partial charge < -0.3 is 19.3 Å². The summed E-state index contributed by atoms with van der Waals surface area (Å²) in [5.74, 6) is -0.714. The van der Waals surface area contributed by atoms with Crippen molar-refractivity contribution in [3.63, 3.8) is 0 Å². The Labute approximate surface area is 162 Å². The number of phenols is 1. The van der Waals surface area contributed by atoms with E-state index in [9.17, 15) is 9.90 Å². The van der Waals surface area contributed by atoms with Crippen LogP contribution in [0, 0.1) is 0 Å². The summed E-state index contributed by atoms with van der Waals surface area (Å²) in [6.07, 6.45) is 0. The molecule has 140 valence electrons. The molecule has 0 saturated carbocycles. The Morgan fingerprint density at radius 2 is 1.63 bits per heavy atom. The topological polar surface area (TPSA) is 65.0 Å². The van der Waals surface area contributed by atoms with E-state index in [1.54, 1.807) is 25.1 Å². The molecule has 1 N–H and O–H groups in total. The van der Waals surface area contributed by atoms with Crippen LogP contribution in [0.3, 0.4) is 0 Å². The van der Waals surface area contributed by atoms with Crippen LogP contribution in [0.1, 0.15) is 18.4 Å². The van der Waals surface area contributed by atoms with E-state index in [0.717, 1.165) is 5.56 Å². The fourth-order valence-electron chi connectivity index (χ4n) is 2.91. The van der Waals surface area contributed by atoms with Gasteiger partial charge in [-0.2, -0.15) is 0 Å². The smallest absolute Gasteiger partial charge is 0.318 e. The van der Waals surface area contributed by atoms with Gasteiger partial charge in [-0.25, -0.2) is 0 Å². The molecule has 6 heteroatoms. The zero-order valence-corrected chi connectivity index (χ0v) is 15.9. The van der Waals surface area contributed by atoms with E-state index >= 15 is 0 Å². The summed E-state index contributed by atoms with van der Waals surface area (Å²) in [6, 6.07) is 14.2. The van der Waals surface area contributed by atoms with Gasteiger partial charge in [0, 0.05) is 15.8 Å². The number of aromatic hydroxyl groups is 1. The number of hydrogen-bond donors (Lipinski definition) is 1. The van der Waals surface area contributed by atoms with Crippen LogP contribution < -0.4 is 14.2 Å². The van der Waals surface area contributed by atoms with Crippen molar-refractivity contribution >= 4 is 28.3 Å². The second-order valence-electron chi connectivity index (χ2n) is 5.99. The number of carbonyl (C=O) groups is 1. The molecule has 0 radical (unpaired) electrons. The number of phenolic OH excluding ortho intramolecular Hbond substituents is 1. The van der Waals surface area contributed by atoms with Gasteiger partial charge in [0.2, 0.25) is 11.5 Å². The third-order valence-electron chi connectivity index (χ3n) is 4.37. The van der Waals surface area contributed by atoms with E-state index in [2.05, 4.69) is 0 Å². The molecular weight excluding hydrogens is 368 g/mol. The van der Waals surface area contributed by atoms with Crippen molar-refractivity contribution < 1.29 is 24.1 Å². The monoisotopic (exact) mass is 386 g/mol. The Hall–Kier alpha value is -2.92. The standard InChI is InChI=1S/C21H19ClO5/c1-12(13-7-5-4-6-8-13)21(24)27-18-16-11-14(22)9-10-15(16)17(23)19(25-2)20(18)26-3/h4-12,23H,1-3H3. The van der Waals surface area contributed by atoms with Gasteiger partial charge in [0.1, 0.15) is 0 Å². The number of hydrogen-bond acceptors (Lipinski definition) is 5. The van der Waals surface area contributed by atoms with Gasteiger partial charge in [-0.15, -0.1) is 0 Å². The number of halogens is 1. The van der Waals surface area contributed by atoms with E-state index in [1.165, 1.54) is 14.2 Å². The average Bonchev–Trinajstić information content (AvgIpc) is 2.69. The number of benzene rings is 3. The van der Waals surface area contributed by atoms with Gasteiger partial charge in [-0.05, 0) is 30.7 Å². The third kappa shape index (κ3) is 3.51. The van der Waals surface area contributed by atoms with Crippen molar-refractivity contribution in [1.82, 2.24) is 0 Å². The summed E-state index contributed by atoms with van der Waals surface area (Å²) < 4.78 is 16.4. The first-order valence-corrected chi connectivity index (χ1v) is 8.68. The first-order chi connectivity index (χ1) is 13.0. The molecule has 3 aromatic carbocycles. The maximum absolute atomic E-state index is 12.8. The Morgan fingerprint density at radius 3 is 2.26 bits per heavy atom. The maximum atomic E-state index is 12.8. The van der Waals surface area contributed by atoms with Crippen LogP contribution in [0.4, 0.5) is 0 Å². The van der Waals surface area contributed by atoms with Crippen LogP contribution in [0.2, 0.25) is 5.02 Å². The summed E-state index contributed by atoms with van der Waals surface area (Å²) in [4.78, 5) is 12.8. The third-order valence-corrected chi connectivity index (χ3v) is 4.61. The molecule has 0 heterocycles. The number of rotatable bonds is 5. The average molecular weight is 387 g/mol. The molecule has 0 amide bonds. The fraction of sp³-hybridized carbons (Fsp3) is 0.190. The highest BCUT2D eigenvalue weighted by molar-refractivity contribution is 6.31. The Kier molecular flexibility index (Phi) is 5.42. The minimum Gasteiger partial charge on any atom is -0.504 e. The minimum atomic E-state index is -0.495. The van der Waals surface area contributed by atoms with Crippen molar-refractivity contribution in [1.29, 1.82) is 0 Å². The van der Waals surface area contributed by atoms with Crippen molar-refractivity contribution in [2.24, 2.45) is 0 Å². The van der Waals surface area contributed by atoms with E-state index in [1.807, 2.05) is 30.3 Å². The molecule has 0 saturated heterocycles. The molecule has 0 spiro atoms. The van der Waals surface area contributed by atoms with E-state index < -0.39 is 11.9 Å². The molecule has 27 heavy (non-hydrogen) atoms.